The number of benzene rings is 4. The molecular formula is C48H49BClN8O2. The predicted molar refractivity (Wildman–Crippen MR) is 235 cm³/mol. The van der Waals surface area contributed by atoms with E-state index in [0.717, 1.165) is 33.7 Å². The lowest BCUT2D eigenvalue weighted by atomic mass is 9.91. The zero-order chi connectivity index (χ0) is 40.7. The summed E-state index contributed by atoms with van der Waals surface area (Å²) >= 11 is 6.14. The zero-order valence-electron chi connectivity index (χ0n) is 33.8. The third kappa shape index (κ3) is 7.47. The molecule has 12 heteroatoms. The van der Waals surface area contributed by atoms with E-state index >= 15 is 0 Å². The molecule has 10 nitrogen and oxygen atoms in total. The molecule has 0 amide bonds. The van der Waals surface area contributed by atoms with Gasteiger partial charge in [-0.3, -0.25) is 9.80 Å². The molecule has 2 aliphatic carbocycles. The fourth-order valence-electron chi connectivity index (χ4n) is 10.5. The highest BCUT2D eigenvalue weighted by Crippen LogP contribution is 2.44. The first-order valence-electron chi connectivity index (χ1n) is 21.8. The first-order valence-corrected chi connectivity index (χ1v) is 22.1. The lowest BCUT2D eigenvalue weighted by Gasteiger charge is -2.37. The molecule has 14 rings (SSSR count). The highest BCUT2D eigenvalue weighted by atomic mass is 35.5. The van der Waals surface area contributed by atoms with E-state index in [0.29, 0.717) is 48.5 Å². The summed E-state index contributed by atoms with van der Waals surface area (Å²) in [5.41, 5.74) is 8.34. The Morgan fingerprint density at radius 2 is 1.08 bits per heavy atom. The molecule has 303 valence electrons. The SMILES string of the molecule is Clc1ccc2c(c1)nc1n2C2CCC1CN(C1CCC1)C2.N#Cc1ccc(-c2ccc3c(c2)nc2n3C3CCC2CN(C2CCC2)C3)cc1.N#Cc1ccc(O[B]O)cc1. The second-order valence-corrected chi connectivity index (χ2v) is 17.9. The van der Waals surface area contributed by atoms with Crippen LogP contribution in [-0.4, -0.2) is 79.9 Å². The molecule has 4 atom stereocenters. The molecule has 0 spiro atoms. The van der Waals surface area contributed by atoms with Crippen LogP contribution >= 0.6 is 11.6 Å². The lowest BCUT2D eigenvalue weighted by Crippen LogP contribution is -2.42. The smallest absolute Gasteiger partial charge is 0.537 e. The highest BCUT2D eigenvalue weighted by Gasteiger charge is 2.41. The van der Waals surface area contributed by atoms with Crippen molar-refractivity contribution in [2.45, 2.75) is 100 Å². The lowest BCUT2D eigenvalue weighted by molar-refractivity contribution is 0.121. The van der Waals surface area contributed by atoms with Crippen molar-refractivity contribution < 1.29 is 9.68 Å². The number of aromatic nitrogens is 4. The summed E-state index contributed by atoms with van der Waals surface area (Å²) in [6, 6.07) is 34.1. The Bertz CT molecular complexity index is 2590. The van der Waals surface area contributed by atoms with Crippen LogP contribution in [0.4, 0.5) is 0 Å². The number of nitrogens with zero attached hydrogens (tertiary/aromatic N) is 8. The summed E-state index contributed by atoms with van der Waals surface area (Å²) in [6.45, 7) is 4.80. The number of nitriles is 2. The van der Waals surface area contributed by atoms with E-state index in [1.54, 1.807) is 24.3 Å². The van der Waals surface area contributed by atoms with Crippen molar-refractivity contribution in [3.8, 4) is 29.0 Å². The van der Waals surface area contributed by atoms with Gasteiger partial charge in [-0.2, -0.15) is 10.5 Å². The van der Waals surface area contributed by atoms with Gasteiger partial charge < -0.3 is 18.8 Å². The van der Waals surface area contributed by atoms with Gasteiger partial charge in [0.1, 0.15) is 17.4 Å². The minimum Gasteiger partial charge on any atom is -0.537 e. The minimum atomic E-state index is 0.506. The molecule has 2 saturated carbocycles. The molecule has 8 aliphatic rings. The minimum absolute atomic E-state index is 0.506. The maximum absolute atomic E-state index is 9.02. The van der Waals surface area contributed by atoms with Gasteiger partial charge in [-0.25, -0.2) is 9.97 Å². The van der Waals surface area contributed by atoms with Crippen LogP contribution in [0, 0.1) is 22.7 Å². The van der Waals surface area contributed by atoms with Crippen LogP contribution in [0.5, 0.6) is 5.75 Å². The van der Waals surface area contributed by atoms with Gasteiger partial charge in [-0.1, -0.05) is 42.6 Å². The average molecular weight is 816 g/mol. The summed E-state index contributed by atoms with van der Waals surface area (Å²) in [5.74, 6) is 4.31. The van der Waals surface area contributed by atoms with Crippen LogP contribution in [0.2, 0.25) is 5.02 Å². The number of rotatable bonds is 5. The molecule has 4 unspecified atom stereocenters. The molecule has 6 aliphatic heterocycles. The van der Waals surface area contributed by atoms with Crippen LogP contribution in [-0.2, 0) is 0 Å². The monoisotopic (exact) mass is 815 g/mol. The topological polar surface area (TPSA) is 119 Å². The molecule has 4 fully saturated rings. The fourth-order valence-corrected chi connectivity index (χ4v) is 10.7. The molecule has 6 aromatic rings. The first-order chi connectivity index (χ1) is 29.5. The van der Waals surface area contributed by atoms with Crippen molar-refractivity contribution in [2.24, 2.45) is 0 Å². The first kappa shape index (κ1) is 39.0. The molecule has 2 aromatic heterocycles. The standard InChI is InChI=1S/C24H24N4.C17H20ClN3.C7H5BNO2/c25-13-16-4-6-17(7-5-16)18-9-11-23-22(12-18)26-24-19-8-10-21(28(23)24)15-27(14-19)20-2-1-3-20;18-12-5-7-16-15(8-12)19-17-11-4-6-14(21(16)17)10-20(9-11)13-2-1-3-13;9-5-6-1-3-7(4-2-6)11-8-10/h4-7,9,11-12,19-21H,1-3,8,10,14-15H2;5,7-8,11,13-14H,1-4,6,9-10H2;1-4,10H. The van der Waals surface area contributed by atoms with Gasteiger partial charge in [-0.05, 0) is 129 Å². The van der Waals surface area contributed by atoms with Crippen LogP contribution in [0.3, 0.4) is 0 Å². The van der Waals surface area contributed by atoms with Crippen molar-refractivity contribution in [1.82, 2.24) is 28.9 Å². The molecule has 4 bridgehead atoms. The largest absolute Gasteiger partial charge is 0.569 e. The number of hydrogen-bond donors (Lipinski definition) is 1. The number of imidazole rings is 2. The zero-order valence-corrected chi connectivity index (χ0v) is 34.6. The van der Waals surface area contributed by atoms with Gasteiger partial charge in [0, 0.05) is 67.2 Å². The molecule has 1 N–H and O–H groups in total. The molecule has 60 heavy (non-hydrogen) atoms. The molecule has 4 aromatic carbocycles. The van der Waals surface area contributed by atoms with E-state index in [1.165, 1.54) is 119 Å². The van der Waals surface area contributed by atoms with E-state index in [9.17, 15) is 0 Å². The second kappa shape index (κ2) is 16.7. The number of fused-ring (bicyclic) bond motifs is 8. The summed E-state index contributed by atoms with van der Waals surface area (Å²) in [7, 11) is 0.599. The normalized spacial score (nSPS) is 23.3. The Hall–Kier alpha value is -5.17. The molecule has 2 saturated heterocycles. The number of halogens is 1. The van der Waals surface area contributed by atoms with E-state index in [4.69, 9.17) is 37.1 Å². The maximum atomic E-state index is 9.02. The Labute approximate surface area is 357 Å². The Balaban J connectivity index is 0.000000119. The number of hydrogen-bond acceptors (Lipinski definition) is 8. The van der Waals surface area contributed by atoms with Crippen molar-refractivity contribution >= 4 is 41.4 Å². The van der Waals surface area contributed by atoms with Crippen LogP contribution in [0.25, 0.3) is 33.2 Å². The van der Waals surface area contributed by atoms with Crippen LogP contribution in [0.1, 0.15) is 111 Å². The Kier molecular flexibility index (Phi) is 10.9. The van der Waals surface area contributed by atoms with Gasteiger partial charge in [0.2, 0.25) is 0 Å². The van der Waals surface area contributed by atoms with Crippen molar-refractivity contribution in [3.05, 3.63) is 113 Å². The molecule has 8 heterocycles. The van der Waals surface area contributed by atoms with Crippen LogP contribution < -0.4 is 4.65 Å². The van der Waals surface area contributed by atoms with Crippen molar-refractivity contribution in [3.63, 3.8) is 0 Å². The van der Waals surface area contributed by atoms with Gasteiger partial charge in [-0.15, -0.1) is 0 Å². The van der Waals surface area contributed by atoms with Gasteiger partial charge in [0.05, 0.1) is 45.3 Å². The van der Waals surface area contributed by atoms with Gasteiger partial charge in [0.15, 0.2) is 0 Å². The Morgan fingerprint density at radius 3 is 1.58 bits per heavy atom. The highest BCUT2D eigenvalue weighted by molar-refractivity contribution is 6.31. The Morgan fingerprint density at radius 1 is 0.583 bits per heavy atom. The van der Waals surface area contributed by atoms with Gasteiger partial charge in [0.25, 0.3) is 0 Å². The third-order valence-corrected chi connectivity index (χ3v) is 14.3. The quantitative estimate of drug-likeness (QED) is 0.171. The van der Waals surface area contributed by atoms with E-state index in [2.05, 4.69) is 53.9 Å². The van der Waals surface area contributed by atoms with Gasteiger partial charge >= 0.3 is 7.69 Å². The fraction of sp³-hybridized carbons (Fsp3) is 0.417. The summed E-state index contributed by atoms with van der Waals surface area (Å²) < 4.78 is 9.71. The maximum Gasteiger partial charge on any atom is 0.569 e. The van der Waals surface area contributed by atoms with Crippen molar-refractivity contribution in [2.75, 3.05) is 26.2 Å². The molecule has 1 radical (unpaired) electrons. The third-order valence-electron chi connectivity index (χ3n) is 14.1. The second-order valence-electron chi connectivity index (χ2n) is 17.5. The predicted octanol–water partition coefficient (Wildman–Crippen LogP) is 9.30. The van der Waals surface area contributed by atoms with Crippen LogP contribution in [0.15, 0.2) is 84.9 Å². The summed E-state index contributed by atoms with van der Waals surface area (Å²) in [4.78, 5) is 15.6. The summed E-state index contributed by atoms with van der Waals surface area (Å²) in [6.07, 6.45) is 13.6. The molecular weight excluding hydrogens is 767 g/mol. The van der Waals surface area contributed by atoms with E-state index < -0.39 is 0 Å². The van der Waals surface area contributed by atoms with Crippen molar-refractivity contribution in [1.29, 1.82) is 10.5 Å². The van der Waals surface area contributed by atoms with E-state index in [-0.39, 0.29) is 0 Å². The average Bonchev–Trinajstić information content (AvgIpc) is 3.53. The summed E-state index contributed by atoms with van der Waals surface area (Å²) in [5, 5.41) is 26.5. The van der Waals surface area contributed by atoms with E-state index in [1.807, 2.05) is 42.5 Å².